The Balaban J connectivity index is 2.65. The van der Waals surface area contributed by atoms with Crippen molar-refractivity contribution >= 4 is 26.9 Å². The van der Waals surface area contributed by atoms with Gasteiger partial charge in [0.05, 0.1) is 0 Å². The van der Waals surface area contributed by atoms with E-state index in [4.69, 9.17) is 4.74 Å². The number of hydrogen-bond acceptors (Lipinski definition) is 2. The maximum atomic E-state index is 12.2. The summed E-state index contributed by atoms with van der Waals surface area (Å²) in [4.78, 5) is 12.2. The predicted molar refractivity (Wildman–Crippen MR) is 80.4 cm³/mol. The van der Waals surface area contributed by atoms with E-state index in [2.05, 4.69) is 38.1 Å². The van der Waals surface area contributed by atoms with E-state index in [9.17, 15) is 4.79 Å². The fraction of sp³-hybridized carbons (Fsp3) is 0.562. The van der Waals surface area contributed by atoms with E-state index in [1.165, 1.54) is 5.56 Å². The first-order chi connectivity index (χ1) is 9.12. The van der Waals surface area contributed by atoms with Crippen LogP contribution in [0.25, 0.3) is 0 Å². The van der Waals surface area contributed by atoms with Crippen molar-refractivity contribution in [3.63, 3.8) is 0 Å². The molecule has 0 bridgehead atoms. The number of esters is 1. The third-order valence-electron chi connectivity index (χ3n) is 3.11. The van der Waals surface area contributed by atoms with Crippen LogP contribution >= 0.6 is 0 Å². The molecule has 0 saturated carbocycles. The van der Waals surface area contributed by atoms with E-state index < -0.39 is 20.9 Å². The number of hydrogen-bond donors (Lipinski definition) is 0. The molecule has 0 fully saturated rings. The van der Waals surface area contributed by atoms with Crippen molar-refractivity contribution in [3.8, 4) is 0 Å². The molecule has 1 rings (SSSR count). The molecule has 106 valence electrons. The summed E-state index contributed by atoms with van der Waals surface area (Å²) in [7, 11) is 0. The van der Waals surface area contributed by atoms with E-state index in [0.29, 0.717) is 6.61 Å². The van der Waals surface area contributed by atoms with Crippen LogP contribution in [0.1, 0.15) is 45.6 Å². The van der Waals surface area contributed by atoms with Gasteiger partial charge in [0.15, 0.2) is 0 Å². The third-order valence-corrected chi connectivity index (χ3v) is 7.35. The average molecular weight is 376 g/mol. The van der Waals surface area contributed by atoms with E-state index >= 15 is 0 Å². The molecule has 2 nitrogen and oxygen atoms in total. The van der Waals surface area contributed by atoms with Crippen LogP contribution in [-0.4, -0.2) is 33.5 Å². The first-order valence-electron chi connectivity index (χ1n) is 6.97. The van der Waals surface area contributed by atoms with Crippen LogP contribution in [0, 0.1) is 0 Å². The van der Waals surface area contributed by atoms with Crippen molar-refractivity contribution in [1.82, 2.24) is 0 Å². The molecule has 1 aromatic rings. The van der Waals surface area contributed by atoms with E-state index in [1.807, 2.05) is 13.0 Å². The molecule has 0 aliphatic carbocycles. The fourth-order valence-electron chi connectivity index (χ4n) is 1.85. The molecule has 19 heavy (non-hydrogen) atoms. The number of rotatable bonds is 8. The molecular weight excluding hydrogens is 352 g/mol. The molecule has 0 heterocycles. The summed E-state index contributed by atoms with van der Waals surface area (Å²) >= 11 is -0.443. The summed E-state index contributed by atoms with van der Waals surface area (Å²) in [5.41, 5.74) is 1.34. The average Bonchev–Trinajstić information content (AvgIpc) is 2.44. The third kappa shape index (κ3) is 5.55. The minimum absolute atomic E-state index is 0.0155. The molecule has 0 radical (unpaired) electrons. The van der Waals surface area contributed by atoms with Crippen LogP contribution in [0.5, 0.6) is 0 Å². The second-order valence-corrected chi connectivity index (χ2v) is 9.05. The van der Waals surface area contributed by atoms with Gasteiger partial charge in [-0.25, -0.2) is 0 Å². The van der Waals surface area contributed by atoms with Crippen LogP contribution in [-0.2, 0) is 14.0 Å². The Labute approximate surface area is 127 Å². The van der Waals surface area contributed by atoms with Gasteiger partial charge in [-0.3, -0.25) is 0 Å². The molecule has 1 unspecified atom stereocenters. The van der Waals surface area contributed by atoms with Crippen molar-refractivity contribution in [2.75, 3.05) is 6.61 Å². The summed E-state index contributed by atoms with van der Waals surface area (Å²) in [6, 6.07) is 10.5. The molecular formula is C16H24O2Te. The first kappa shape index (κ1) is 16.5. The van der Waals surface area contributed by atoms with Gasteiger partial charge in [0.25, 0.3) is 0 Å². The molecule has 0 aliphatic heterocycles. The number of carbonyl (C=O) groups is 1. The van der Waals surface area contributed by atoms with Gasteiger partial charge in [-0.2, -0.15) is 0 Å². The van der Waals surface area contributed by atoms with Crippen LogP contribution in [0.2, 0.25) is 3.46 Å². The second-order valence-electron chi connectivity index (χ2n) is 4.83. The first-order valence-corrected chi connectivity index (χ1v) is 9.78. The summed E-state index contributed by atoms with van der Waals surface area (Å²) in [5.74, 6) is 0.0155. The van der Waals surface area contributed by atoms with Crippen molar-refractivity contribution in [2.45, 2.75) is 48.0 Å². The zero-order chi connectivity index (χ0) is 14.1. The molecule has 1 atom stereocenters. The van der Waals surface area contributed by atoms with Gasteiger partial charge in [0.1, 0.15) is 0 Å². The van der Waals surface area contributed by atoms with Crippen LogP contribution in [0.15, 0.2) is 30.3 Å². The predicted octanol–water partition coefficient (Wildman–Crippen LogP) is 3.82. The van der Waals surface area contributed by atoms with Gasteiger partial charge in [-0.15, -0.1) is 0 Å². The molecule has 0 amide bonds. The SMILES string of the molecule is CCCCC(C)([Te]Cc1ccccc1)C(=O)OCC. The van der Waals surface area contributed by atoms with Crippen molar-refractivity contribution in [2.24, 2.45) is 0 Å². The van der Waals surface area contributed by atoms with E-state index in [0.717, 1.165) is 23.7 Å². The zero-order valence-corrected chi connectivity index (χ0v) is 14.5. The van der Waals surface area contributed by atoms with Crippen molar-refractivity contribution in [1.29, 1.82) is 0 Å². The van der Waals surface area contributed by atoms with Gasteiger partial charge in [-0.1, -0.05) is 0 Å². The molecule has 0 spiro atoms. The molecule has 1 aromatic carbocycles. The van der Waals surface area contributed by atoms with Gasteiger partial charge < -0.3 is 0 Å². The Kier molecular flexibility index (Phi) is 7.49. The number of ether oxygens (including phenoxy) is 1. The Hall–Kier alpha value is -0.520. The van der Waals surface area contributed by atoms with E-state index in [1.54, 1.807) is 0 Å². The second kappa shape index (κ2) is 8.61. The number of carbonyl (C=O) groups excluding carboxylic acids is 1. The number of benzene rings is 1. The monoisotopic (exact) mass is 378 g/mol. The van der Waals surface area contributed by atoms with Gasteiger partial charge in [0, 0.05) is 0 Å². The minimum atomic E-state index is -0.443. The van der Waals surface area contributed by atoms with Gasteiger partial charge in [-0.05, 0) is 0 Å². The van der Waals surface area contributed by atoms with E-state index in [-0.39, 0.29) is 9.43 Å². The molecule has 3 heteroatoms. The Morgan fingerprint density at radius 2 is 1.95 bits per heavy atom. The van der Waals surface area contributed by atoms with Gasteiger partial charge in [0.2, 0.25) is 0 Å². The van der Waals surface area contributed by atoms with Crippen molar-refractivity contribution in [3.05, 3.63) is 35.9 Å². The summed E-state index contributed by atoms with van der Waals surface area (Å²) in [5, 5.41) is 0. The number of unbranched alkanes of at least 4 members (excludes halogenated alkanes) is 1. The summed E-state index contributed by atoms with van der Waals surface area (Å²) in [6.45, 7) is 6.64. The Morgan fingerprint density at radius 3 is 2.53 bits per heavy atom. The maximum absolute atomic E-state index is 12.2. The Bertz CT molecular complexity index is 378. The van der Waals surface area contributed by atoms with Crippen LogP contribution in [0.3, 0.4) is 0 Å². The standard InChI is InChI=1S/C16H24O2Te/c1-4-6-12-16(3,15(17)18-5-2)19-13-14-10-8-7-9-11-14/h7-11H,4-6,12-13H2,1-3H3. The van der Waals surface area contributed by atoms with Gasteiger partial charge >= 0.3 is 127 Å². The van der Waals surface area contributed by atoms with Crippen molar-refractivity contribution < 1.29 is 9.53 Å². The molecule has 0 aliphatic rings. The van der Waals surface area contributed by atoms with Crippen LogP contribution in [0.4, 0.5) is 0 Å². The normalized spacial score (nSPS) is 13.8. The molecule has 0 N–H and O–H groups in total. The Morgan fingerprint density at radius 1 is 1.26 bits per heavy atom. The summed E-state index contributed by atoms with van der Waals surface area (Å²) < 4.78 is 6.13. The molecule has 0 saturated heterocycles. The topological polar surface area (TPSA) is 26.3 Å². The van der Waals surface area contributed by atoms with Crippen LogP contribution < -0.4 is 0 Å². The summed E-state index contributed by atoms with van der Waals surface area (Å²) in [6.07, 6.45) is 3.21. The molecule has 0 aromatic heterocycles. The fourth-order valence-corrected chi connectivity index (χ4v) is 5.11. The zero-order valence-electron chi connectivity index (χ0n) is 12.1. The quantitative estimate of drug-likeness (QED) is 0.510.